The number of aliphatic hydroxyl groups excluding tert-OH is 1. The first-order valence-electron chi connectivity index (χ1n) is 5.05. The highest BCUT2D eigenvalue weighted by atomic mass is 16.5. The molecule has 0 saturated carbocycles. The summed E-state index contributed by atoms with van der Waals surface area (Å²) in [7, 11) is 0. The SMILES string of the molecule is CCCCC(O)C(CC)OCC. The van der Waals surface area contributed by atoms with Gasteiger partial charge >= 0.3 is 0 Å². The van der Waals surface area contributed by atoms with E-state index in [-0.39, 0.29) is 12.2 Å². The monoisotopic (exact) mass is 174 g/mol. The van der Waals surface area contributed by atoms with Crippen LogP contribution in [0.2, 0.25) is 0 Å². The van der Waals surface area contributed by atoms with Gasteiger partial charge in [-0.25, -0.2) is 0 Å². The lowest BCUT2D eigenvalue weighted by Crippen LogP contribution is -2.28. The molecule has 2 unspecified atom stereocenters. The van der Waals surface area contributed by atoms with Gasteiger partial charge in [-0.1, -0.05) is 26.7 Å². The highest BCUT2D eigenvalue weighted by molar-refractivity contribution is 4.66. The Bertz CT molecular complexity index is 93.8. The van der Waals surface area contributed by atoms with Crippen molar-refractivity contribution in [1.29, 1.82) is 0 Å². The van der Waals surface area contributed by atoms with Gasteiger partial charge in [-0.05, 0) is 19.8 Å². The van der Waals surface area contributed by atoms with Crippen LogP contribution >= 0.6 is 0 Å². The van der Waals surface area contributed by atoms with Crippen molar-refractivity contribution in [2.45, 2.75) is 58.7 Å². The molecule has 1 N–H and O–H groups in total. The van der Waals surface area contributed by atoms with Crippen LogP contribution in [-0.2, 0) is 4.74 Å². The van der Waals surface area contributed by atoms with Gasteiger partial charge in [0.25, 0.3) is 0 Å². The van der Waals surface area contributed by atoms with E-state index in [9.17, 15) is 5.11 Å². The van der Waals surface area contributed by atoms with Crippen molar-refractivity contribution in [3.8, 4) is 0 Å². The van der Waals surface area contributed by atoms with Gasteiger partial charge in [0.05, 0.1) is 12.2 Å². The van der Waals surface area contributed by atoms with Crippen LogP contribution < -0.4 is 0 Å². The Kier molecular flexibility index (Phi) is 7.51. The molecule has 0 heterocycles. The molecule has 0 aliphatic heterocycles. The zero-order chi connectivity index (χ0) is 9.40. The van der Waals surface area contributed by atoms with Gasteiger partial charge in [0.1, 0.15) is 0 Å². The largest absolute Gasteiger partial charge is 0.390 e. The predicted octanol–water partition coefficient (Wildman–Crippen LogP) is 2.35. The lowest BCUT2D eigenvalue weighted by molar-refractivity contribution is -0.0378. The quantitative estimate of drug-likeness (QED) is 0.642. The normalized spacial score (nSPS) is 16.0. The van der Waals surface area contributed by atoms with E-state index in [1.807, 2.05) is 6.92 Å². The summed E-state index contributed by atoms with van der Waals surface area (Å²) in [6.45, 7) is 6.85. The molecule has 0 aromatic carbocycles. The molecular formula is C10H22O2. The van der Waals surface area contributed by atoms with E-state index in [1.54, 1.807) is 0 Å². The molecule has 0 rings (SSSR count). The number of rotatable bonds is 7. The Balaban J connectivity index is 3.60. The maximum absolute atomic E-state index is 9.65. The van der Waals surface area contributed by atoms with E-state index in [0.29, 0.717) is 6.61 Å². The average molecular weight is 174 g/mol. The summed E-state index contributed by atoms with van der Waals surface area (Å²) in [6, 6.07) is 0. The first kappa shape index (κ1) is 11.9. The van der Waals surface area contributed by atoms with Crippen molar-refractivity contribution in [3.05, 3.63) is 0 Å². The van der Waals surface area contributed by atoms with Crippen molar-refractivity contribution in [2.75, 3.05) is 6.61 Å². The summed E-state index contributed by atoms with van der Waals surface area (Å²) < 4.78 is 5.40. The number of hydrogen-bond donors (Lipinski definition) is 1. The number of ether oxygens (including phenoxy) is 1. The molecule has 0 radical (unpaired) electrons. The summed E-state index contributed by atoms with van der Waals surface area (Å²) in [5, 5.41) is 9.65. The molecule has 12 heavy (non-hydrogen) atoms. The van der Waals surface area contributed by atoms with Crippen molar-refractivity contribution in [2.24, 2.45) is 0 Å². The third-order valence-electron chi connectivity index (χ3n) is 2.07. The van der Waals surface area contributed by atoms with Gasteiger partial charge in [-0.3, -0.25) is 0 Å². The predicted molar refractivity (Wildman–Crippen MR) is 51.2 cm³/mol. The molecule has 2 nitrogen and oxygen atoms in total. The van der Waals surface area contributed by atoms with Crippen LogP contribution in [0.3, 0.4) is 0 Å². The first-order chi connectivity index (χ1) is 5.76. The van der Waals surface area contributed by atoms with Gasteiger partial charge in [0.15, 0.2) is 0 Å². The highest BCUT2D eigenvalue weighted by Crippen LogP contribution is 2.10. The van der Waals surface area contributed by atoms with Gasteiger partial charge in [-0.15, -0.1) is 0 Å². The van der Waals surface area contributed by atoms with Crippen molar-refractivity contribution < 1.29 is 9.84 Å². The van der Waals surface area contributed by atoms with Gasteiger partial charge in [-0.2, -0.15) is 0 Å². The molecule has 0 aromatic rings. The zero-order valence-electron chi connectivity index (χ0n) is 8.55. The lowest BCUT2D eigenvalue weighted by atomic mass is 10.1. The highest BCUT2D eigenvalue weighted by Gasteiger charge is 2.16. The molecule has 0 aromatic heterocycles. The summed E-state index contributed by atoms with van der Waals surface area (Å²) in [5.41, 5.74) is 0. The van der Waals surface area contributed by atoms with E-state index in [1.165, 1.54) is 0 Å². The minimum atomic E-state index is -0.269. The van der Waals surface area contributed by atoms with E-state index in [0.717, 1.165) is 25.7 Å². The maximum atomic E-state index is 9.65. The second kappa shape index (κ2) is 7.56. The van der Waals surface area contributed by atoms with Crippen LogP contribution in [-0.4, -0.2) is 23.9 Å². The zero-order valence-corrected chi connectivity index (χ0v) is 8.55. The molecule has 2 atom stereocenters. The Morgan fingerprint density at radius 1 is 1.25 bits per heavy atom. The fraction of sp³-hybridized carbons (Fsp3) is 1.00. The molecule has 0 aliphatic rings. The number of aliphatic hydroxyl groups is 1. The van der Waals surface area contributed by atoms with Crippen LogP contribution in [0.15, 0.2) is 0 Å². The number of unbranched alkanes of at least 4 members (excludes halogenated alkanes) is 1. The molecular weight excluding hydrogens is 152 g/mol. The van der Waals surface area contributed by atoms with Gasteiger partial charge in [0.2, 0.25) is 0 Å². The van der Waals surface area contributed by atoms with Crippen LogP contribution in [0, 0.1) is 0 Å². The topological polar surface area (TPSA) is 29.5 Å². The summed E-state index contributed by atoms with van der Waals surface area (Å²) in [6.07, 6.45) is 3.77. The van der Waals surface area contributed by atoms with E-state index < -0.39 is 0 Å². The maximum Gasteiger partial charge on any atom is 0.0831 e. The standard InChI is InChI=1S/C10H22O2/c1-4-7-8-9(11)10(5-2)12-6-3/h9-11H,4-8H2,1-3H3. The molecule has 2 heteroatoms. The van der Waals surface area contributed by atoms with Crippen molar-refractivity contribution in [3.63, 3.8) is 0 Å². The fourth-order valence-corrected chi connectivity index (χ4v) is 1.31. The smallest absolute Gasteiger partial charge is 0.0831 e. The van der Waals surface area contributed by atoms with Crippen LogP contribution in [0.1, 0.15) is 46.5 Å². The second-order valence-electron chi connectivity index (χ2n) is 3.11. The third-order valence-corrected chi connectivity index (χ3v) is 2.07. The minimum Gasteiger partial charge on any atom is -0.390 e. The molecule has 0 spiro atoms. The molecule has 74 valence electrons. The Morgan fingerprint density at radius 2 is 1.92 bits per heavy atom. The lowest BCUT2D eigenvalue weighted by Gasteiger charge is -2.21. The van der Waals surface area contributed by atoms with E-state index >= 15 is 0 Å². The molecule has 0 aliphatic carbocycles. The van der Waals surface area contributed by atoms with E-state index in [2.05, 4.69) is 13.8 Å². The summed E-state index contributed by atoms with van der Waals surface area (Å²) in [5.74, 6) is 0. The molecule has 0 bridgehead atoms. The van der Waals surface area contributed by atoms with Crippen LogP contribution in [0.4, 0.5) is 0 Å². The van der Waals surface area contributed by atoms with Gasteiger partial charge in [0, 0.05) is 6.61 Å². The number of hydrogen-bond acceptors (Lipinski definition) is 2. The molecule has 0 saturated heterocycles. The third kappa shape index (κ3) is 4.73. The molecule has 0 fully saturated rings. The Morgan fingerprint density at radius 3 is 2.33 bits per heavy atom. The second-order valence-corrected chi connectivity index (χ2v) is 3.11. The first-order valence-corrected chi connectivity index (χ1v) is 5.05. The summed E-state index contributed by atoms with van der Waals surface area (Å²) in [4.78, 5) is 0. The fourth-order valence-electron chi connectivity index (χ4n) is 1.31. The van der Waals surface area contributed by atoms with Crippen LogP contribution in [0.25, 0.3) is 0 Å². The average Bonchev–Trinajstić information content (AvgIpc) is 2.10. The van der Waals surface area contributed by atoms with Crippen molar-refractivity contribution in [1.82, 2.24) is 0 Å². The minimum absolute atomic E-state index is 0.0431. The summed E-state index contributed by atoms with van der Waals surface area (Å²) >= 11 is 0. The van der Waals surface area contributed by atoms with Crippen molar-refractivity contribution >= 4 is 0 Å². The van der Waals surface area contributed by atoms with Crippen LogP contribution in [0.5, 0.6) is 0 Å². The van der Waals surface area contributed by atoms with E-state index in [4.69, 9.17) is 4.74 Å². The van der Waals surface area contributed by atoms with Gasteiger partial charge < -0.3 is 9.84 Å². The Hall–Kier alpha value is -0.0800. The Labute approximate surface area is 75.9 Å². The molecule has 0 amide bonds.